The average molecular weight is 435 g/mol. The summed E-state index contributed by atoms with van der Waals surface area (Å²) in [5.74, 6) is 0.580. The van der Waals surface area contributed by atoms with E-state index >= 15 is 0 Å². The Morgan fingerprint density at radius 3 is 2.65 bits per heavy atom. The van der Waals surface area contributed by atoms with Crippen LogP contribution in [0.25, 0.3) is 0 Å². The summed E-state index contributed by atoms with van der Waals surface area (Å²) in [4.78, 5) is 17.8. The molecule has 0 aliphatic heterocycles. The van der Waals surface area contributed by atoms with E-state index in [-0.39, 0.29) is 12.5 Å². The summed E-state index contributed by atoms with van der Waals surface area (Å²) in [6.45, 7) is 2.21. The predicted molar refractivity (Wildman–Crippen MR) is 127 cm³/mol. The number of hydrogen-bond acceptors (Lipinski definition) is 4. The summed E-state index contributed by atoms with van der Waals surface area (Å²) >= 11 is 1.52. The number of rotatable bonds is 9. The van der Waals surface area contributed by atoms with Crippen molar-refractivity contribution >= 4 is 22.4 Å². The Bertz CT molecular complexity index is 1010. The first-order valence-electron chi connectivity index (χ1n) is 11.3. The quantitative estimate of drug-likeness (QED) is 0.451. The molecule has 1 aliphatic rings. The van der Waals surface area contributed by atoms with Crippen LogP contribution < -0.4 is 10.1 Å². The number of anilines is 1. The number of carbonyl (C=O) groups excluding carboxylic acids is 1. The SMILES string of the molecule is CCCCc1ccc(Cc2cnc(NC(=O)COc3ccc4c(c3)CCCC4)s2)cc1. The summed E-state index contributed by atoms with van der Waals surface area (Å²) in [5.41, 5.74) is 5.42. The highest BCUT2D eigenvalue weighted by Gasteiger charge is 2.12. The van der Waals surface area contributed by atoms with Gasteiger partial charge in [-0.2, -0.15) is 0 Å². The summed E-state index contributed by atoms with van der Waals surface area (Å²) in [7, 11) is 0. The zero-order valence-corrected chi connectivity index (χ0v) is 19.0. The molecule has 4 nitrogen and oxygen atoms in total. The number of unbranched alkanes of at least 4 members (excludes halogenated alkanes) is 1. The Kier molecular flexibility index (Phi) is 7.36. The van der Waals surface area contributed by atoms with Gasteiger partial charge in [0.15, 0.2) is 11.7 Å². The molecule has 162 valence electrons. The van der Waals surface area contributed by atoms with Gasteiger partial charge in [0.2, 0.25) is 0 Å². The number of aryl methyl sites for hydroxylation is 3. The monoisotopic (exact) mass is 434 g/mol. The summed E-state index contributed by atoms with van der Waals surface area (Å²) in [6, 6.07) is 15.0. The lowest BCUT2D eigenvalue weighted by atomic mass is 9.92. The van der Waals surface area contributed by atoms with Gasteiger partial charge in [0, 0.05) is 17.5 Å². The first-order chi connectivity index (χ1) is 15.2. The van der Waals surface area contributed by atoms with Crippen LogP contribution in [0.5, 0.6) is 5.75 Å². The Hall–Kier alpha value is -2.66. The first kappa shape index (κ1) is 21.6. The number of thiazole rings is 1. The lowest BCUT2D eigenvalue weighted by Gasteiger charge is -2.16. The van der Waals surface area contributed by atoms with Crippen molar-refractivity contribution < 1.29 is 9.53 Å². The van der Waals surface area contributed by atoms with Crippen LogP contribution in [-0.2, 0) is 30.5 Å². The van der Waals surface area contributed by atoms with Crippen LogP contribution in [-0.4, -0.2) is 17.5 Å². The molecule has 0 spiro atoms. The van der Waals surface area contributed by atoms with E-state index in [0.717, 1.165) is 36.3 Å². The zero-order chi connectivity index (χ0) is 21.5. The van der Waals surface area contributed by atoms with Gasteiger partial charge in [-0.1, -0.05) is 43.7 Å². The first-order valence-corrected chi connectivity index (χ1v) is 12.1. The third kappa shape index (κ3) is 6.17. The standard InChI is InChI=1S/C26H30N2O2S/c1-2-3-6-19-9-11-20(12-10-19)15-24-17-27-26(31-24)28-25(29)18-30-23-14-13-21-7-4-5-8-22(21)16-23/h9-14,16-17H,2-8,15,18H2,1H3,(H,27,28,29). The van der Waals surface area contributed by atoms with Gasteiger partial charge >= 0.3 is 0 Å². The number of ether oxygens (including phenoxy) is 1. The number of carbonyl (C=O) groups is 1. The maximum Gasteiger partial charge on any atom is 0.264 e. The molecule has 31 heavy (non-hydrogen) atoms. The van der Waals surface area contributed by atoms with Gasteiger partial charge in [-0.3, -0.25) is 10.1 Å². The Morgan fingerprint density at radius 2 is 1.84 bits per heavy atom. The third-order valence-electron chi connectivity index (χ3n) is 5.71. The van der Waals surface area contributed by atoms with E-state index in [2.05, 4.69) is 53.6 Å². The van der Waals surface area contributed by atoms with E-state index in [9.17, 15) is 4.79 Å². The molecule has 1 amide bonds. The van der Waals surface area contributed by atoms with Crippen LogP contribution in [0, 0.1) is 0 Å². The zero-order valence-electron chi connectivity index (χ0n) is 18.2. The van der Waals surface area contributed by atoms with Gasteiger partial charge in [-0.15, -0.1) is 11.3 Å². The second kappa shape index (κ2) is 10.6. The lowest BCUT2D eigenvalue weighted by Crippen LogP contribution is -2.20. The molecule has 5 heteroatoms. The Morgan fingerprint density at radius 1 is 1.06 bits per heavy atom. The molecule has 0 saturated heterocycles. The van der Waals surface area contributed by atoms with E-state index < -0.39 is 0 Å². The highest BCUT2D eigenvalue weighted by molar-refractivity contribution is 7.15. The van der Waals surface area contributed by atoms with E-state index in [4.69, 9.17) is 4.74 Å². The second-order valence-electron chi connectivity index (χ2n) is 8.20. The van der Waals surface area contributed by atoms with Gasteiger partial charge < -0.3 is 4.74 Å². The number of hydrogen-bond donors (Lipinski definition) is 1. The molecule has 4 rings (SSSR count). The van der Waals surface area contributed by atoms with E-state index in [1.165, 1.54) is 59.3 Å². The van der Waals surface area contributed by atoms with Crippen molar-refractivity contribution in [2.75, 3.05) is 11.9 Å². The molecule has 1 aliphatic carbocycles. The minimum atomic E-state index is -0.182. The Balaban J connectivity index is 1.26. The largest absolute Gasteiger partial charge is 0.484 e. The van der Waals surface area contributed by atoms with Crippen LogP contribution in [0.1, 0.15) is 59.7 Å². The van der Waals surface area contributed by atoms with E-state index in [1.807, 2.05) is 12.3 Å². The number of amides is 1. The molecule has 0 saturated carbocycles. The maximum atomic E-state index is 12.3. The van der Waals surface area contributed by atoms with Crippen molar-refractivity contribution in [2.45, 2.75) is 58.3 Å². The van der Waals surface area contributed by atoms with Crippen molar-refractivity contribution in [3.05, 3.63) is 75.8 Å². The van der Waals surface area contributed by atoms with Crippen molar-refractivity contribution in [2.24, 2.45) is 0 Å². The molecule has 0 fully saturated rings. The van der Waals surface area contributed by atoms with Crippen molar-refractivity contribution in [3.63, 3.8) is 0 Å². The fraction of sp³-hybridized carbons (Fsp3) is 0.385. The highest BCUT2D eigenvalue weighted by Crippen LogP contribution is 2.25. The van der Waals surface area contributed by atoms with E-state index in [0.29, 0.717) is 5.13 Å². The number of benzene rings is 2. The van der Waals surface area contributed by atoms with Crippen molar-refractivity contribution in [3.8, 4) is 5.75 Å². The second-order valence-corrected chi connectivity index (χ2v) is 9.32. The number of aromatic nitrogens is 1. The Labute approximate surface area is 188 Å². The third-order valence-corrected chi connectivity index (χ3v) is 6.62. The van der Waals surface area contributed by atoms with Gasteiger partial charge in [-0.25, -0.2) is 4.98 Å². The van der Waals surface area contributed by atoms with Crippen LogP contribution in [0.3, 0.4) is 0 Å². The number of nitrogens with one attached hydrogen (secondary N) is 1. The maximum absolute atomic E-state index is 12.3. The van der Waals surface area contributed by atoms with Crippen molar-refractivity contribution in [1.29, 1.82) is 0 Å². The van der Waals surface area contributed by atoms with Gasteiger partial charge in [-0.05, 0) is 72.9 Å². The molecular weight excluding hydrogens is 404 g/mol. The van der Waals surface area contributed by atoms with Gasteiger partial charge in [0.1, 0.15) is 5.75 Å². The predicted octanol–water partition coefficient (Wildman–Crippen LogP) is 5.97. The number of nitrogens with zero attached hydrogens (tertiary/aromatic N) is 1. The summed E-state index contributed by atoms with van der Waals surface area (Å²) in [5, 5.41) is 3.48. The average Bonchev–Trinajstić information content (AvgIpc) is 3.23. The highest BCUT2D eigenvalue weighted by atomic mass is 32.1. The van der Waals surface area contributed by atoms with Crippen LogP contribution >= 0.6 is 11.3 Å². The minimum absolute atomic E-state index is 0.00702. The lowest BCUT2D eigenvalue weighted by molar-refractivity contribution is -0.118. The molecule has 1 heterocycles. The molecule has 0 unspecified atom stereocenters. The number of fused-ring (bicyclic) bond motifs is 1. The molecule has 1 aromatic heterocycles. The topological polar surface area (TPSA) is 51.2 Å². The molecule has 3 aromatic rings. The molecule has 0 radical (unpaired) electrons. The van der Waals surface area contributed by atoms with Crippen LogP contribution in [0.15, 0.2) is 48.7 Å². The normalized spacial score (nSPS) is 12.9. The molecule has 1 N–H and O–H groups in total. The fourth-order valence-electron chi connectivity index (χ4n) is 3.96. The van der Waals surface area contributed by atoms with E-state index in [1.54, 1.807) is 0 Å². The molecule has 0 atom stereocenters. The van der Waals surface area contributed by atoms with Crippen molar-refractivity contribution in [1.82, 2.24) is 4.98 Å². The molecular formula is C26H30N2O2S. The molecule has 0 bridgehead atoms. The fourth-order valence-corrected chi connectivity index (χ4v) is 4.82. The molecule has 2 aromatic carbocycles. The summed E-state index contributed by atoms with van der Waals surface area (Å²) in [6.07, 6.45) is 11.0. The van der Waals surface area contributed by atoms with Gasteiger partial charge in [0.05, 0.1) is 0 Å². The smallest absolute Gasteiger partial charge is 0.264 e. The van der Waals surface area contributed by atoms with Crippen LogP contribution in [0.2, 0.25) is 0 Å². The summed E-state index contributed by atoms with van der Waals surface area (Å²) < 4.78 is 5.71. The van der Waals surface area contributed by atoms with Gasteiger partial charge in [0.25, 0.3) is 5.91 Å². The van der Waals surface area contributed by atoms with Crippen LogP contribution in [0.4, 0.5) is 5.13 Å². The minimum Gasteiger partial charge on any atom is -0.484 e.